The summed E-state index contributed by atoms with van der Waals surface area (Å²) in [5.41, 5.74) is 3.30. The second-order valence-corrected chi connectivity index (χ2v) is 3.34. The number of carbonyl (C=O) groups excluding carboxylic acids is 1. The van der Waals surface area contributed by atoms with Crippen molar-refractivity contribution in [2.24, 2.45) is 0 Å². The molecule has 0 aromatic heterocycles. The van der Waals surface area contributed by atoms with Crippen LogP contribution in [0.3, 0.4) is 0 Å². The van der Waals surface area contributed by atoms with Crippen molar-refractivity contribution in [3.8, 4) is 0 Å². The Morgan fingerprint density at radius 2 is 2.00 bits per heavy atom. The molecule has 0 fully saturated rings. The molecule has 0 aliphatic heterocycles. The third-order valence-corrected chi connectivity index (χ3v) is 1.93. The Bertz CT molecular complexity index is 316. The maximum Gasteiger partial charge on any atom is 0.269 e. The summed E-state index contributed by atoms with van der Waals surface area (Å²) in [5, 5.41) is 0. The molecule has 0 spiro atoms. The number of carbonyl (C=O) groups is 1. The average molecular weight is 239 g/mol. The molecule has 1 N–H and O–H groups in total. The van der Waals surface area contributed by atoms with Crippen LogP contribution in [0.5, 0.6) is 0 Å². The van der Waals surface area contributed by atoms with Crippen LogP contribution in [-0.4, -0.2) is 32.8 Å². The molecule has 17 heavy (non-hydrogen) atoms. The Kier molecular flexibility index (Phi) is 6.97. The molecule has 94 valence electrons. The average Bonchev–Trinajstić information content (AvgIpc) is 2.36. The van der Waals surface area contributed by atoms with E-state index in [0.29, 0.717) is 19.8 Å². The highest BCUT2D eigenvalue weighted by atomic mass is 16.7. The van der Waals surface area contributed by atoms with Crippen LogP contribution in [0.1, 0.15) is 5.56 Å². The lowest BCUT2D eigenvalue weighted by Crippen LogP contribution is -2.28. The van der Waals surface area contributed by atoms with E-state index in [0.717, 1.165) is 5.56 Å². The normalized spacial score (nSPS) is 10.2. The quantitative estimate of drug-likeness (QED) is 0.541. The van der Waals surface area contributed by atoms with Crippen molar-refractivity contribution in [2.45, 2.75) is 6.61 Å². The summed E-state index contributed by atoms with van der Waals surface area (Å²) in [7, 11) is 1.58. The number of amides is 1. The molecular formula is C12H17NO4. The minimum absolute atomic E-state index is 0.0296. The van der Waals surface area contributed by atoms with Crippen LogP contribution in [0, 0.1) is 0 Å². The van der Waals surface area contributed by atoms with Gasteiger partial charge < -0.3 is 9.47 Å². The lowest BCUT2D eigenvalue weighted by molar-refractivity contribution is -0.139. The molecule has 0 saturated carbocycles. The fourth-order valence-corrected chi connectivity index (χ4v) is 1.11. The van der Waals surface area contributed by atoms with Gasteiger partial charge in [0, 0.05) is 7.11 Å². The Hall–Kier alpha value is -1.43. The van der Waals surface area contributed by atoms with E-state index in [9.17, 15) is 4.79 Å². The van der Waals surface area contributed by atoms with E-state index in [1.54, 1.807) is 7.11 Å². The first-order valence-electron chi connectivity index (χ1n) is 5.34. The van der Waals surface area contributed by atoms with Crippen molar-refractivity contribution >= 4 is 5.91 Å². The van der Waals surface area contributed by atoms with Gasteiger partial charge in [-0.2, -0.15) is 0 Å². The van der Waals surface area contributed by atoms with Gasteiger partial charge in [0.05, 0.1) is 19.8 Å². The third-order valence-electron chi connectivity index (χ3n) is 1.93. The first-order valence-corrected chi connectivity index (χ1v) is 5.34. The van der Waals surface area contributed by atoms with Crippen LogP contribution in [0.4, 0.5) is 0 Å². The Morgan fingerprint density at radius 1 is 1.24 bits per heavy atom. The highest BCUT2D eigenvalue weighted by molar-refractivity contribution is 5.75. The minimum atomic E-state index is -0.308. The maximum absolute atomic E-state index is 11.2. The van der Waals surface area contributed by atoms with Crippen LogP contribution in [0.2, 0.25) is 0 Å². The smallest absolute Gasteiger partial charge is 0.269 e. The van der Waals surface area contributed by atoms with Crippen molar-refractivity contribution in [3.63, 3.8) is 0 Å². The van der Waals surface area contributed by atoms with E-state index in [2.05, 4.69) is 5.48 Å². The van der Waals surface area contributed by atoms with Gasteiger partial charge in [-0.05, 0) is 5.56 Å². The van der Waals surface area contributed by atoms with Crippen molar-refractivity contribution in [2.75, 3.05) is 26.9 Å². The van der Waals surface area contributed by atoms with Crippen LogP contribution in [0.25, 0.3) is 0 Å². The number of hydroxylamine groups is 1. The summed E-state index contributed by atoms with van der Waals surface area (Å²) in [6.07, 6.45) is 0. The topological polar surface area (TPSA) is 56.8 Å². The van der Waals surface area contributed by atoms with Crippen LogP contribution < -0.4 is 5.48 Å². The SMILES string of the molecule is COCCOCC(=O)NOCc1ccccc1. The van der Waals surface area contributed by atoms with Gasteiger partial charge in [0.1, 0.15) is 6.61 Å². The molecule has 5 heteroatoms. The van der Waals surface area contributed by atoms with Crippen molar-refractivity contribution in [1.82, 2.24) is 5.48 Å². The highest BCUT2D eigenvalue weighted by Gasteiger charge is 2.00. The van der Waals surface area contributed by atoms with E-state index in [1.807, 2.05) is 30.3 Å². The zero-order chi connectivity index (χ0) is 12.3. The molecule has 1 rings (SSSR count). The Balaban J connectivity index is 2.04. The lowest BCUT2D eigenvalue weighted by Gasteiger charge is -2.06. The van der Waals surface area contributed by atoms with E-state index in [1.165, 1.54) is 0 Å². The van der Waals surface area contributed by atoms with E-state index in [4.69, 9.17) is 14.3 Å². The summed E-state index contributed by atoms with van der Waals surface area (Å²) >= 11 is 0. The summed E-state index contributed by atoms with van der Waals surface area (Å²) < 4.78 is 9.80. The standard InChI is InChI=1S/C12H17NO4/c1-15-7-8-16-10-12(14)13-17-9-11-5-3-2-4-6-11/h2-6H,7-10H2,1H3,(H,13,14). The van der Waals surface area contributed by atoms with E-state index in [-0.39, 0.29) is 12.5 Å². The molecule has 5 nitrogen and oxygen atoms in total. The monoisotopic (exact) mass is 239 g/mol. The van der Waals surface area contributed by atoms with Gasteiger partial charge in [-0.1, -0.05) is 30.3 Å². The minimum Gasteiger partial charge on any atom is -0.382 e. The highest BCUT2D eigenvalue weighted by Crippen LogP contribution is 1.98. The van der Waals surface area contributed by atoms with Crippen LogP contribution >= 0.6 is 0 Å². The molecular weight excluding hydrogens is 222 g/mol. The molecule has 0 radical (unpaired) electrons. The first-order chi connectivity index (χ1) is 8.33. The third kappa shape index (κ3) is 6.68. The molecule has 0 saturated heterocycles. The fourth-order valence-electron chi connectivity index (χ4n) is 1.11. The predicted molar refractivity (Wildman–Crippen MR) is 62.1 cm³/mol. The second-order valence-electron chi connectivity index (χ2n) is 3.34. The number of rotatable bonds is 8. The van der Waals surface area contributed by atoms with Crippen LogP contribution in [0.15, 0.2) is 30.3 Å². The largest absolute Gasteiger partial charge is 0.382 e. The van der Waals surface area contributed by atoms with E-state index >= 15 is 0 Å². The summed E-state index contributed by atoms with van der Waals surface area (Å²) in [4.78, 5) is 16.2. The number of nitrogens with one attached hydrogen (secondary N) is 1. The second kappa shape index (κ2) is 8.69. The fraction of sp³-hybridized carbons (Fsp3) is 0.417. The summed E-state index contributed by atoms with van der Waals surface area (Å²) in [6.45, 7) is 1.17. The van der Waals surface area contributed by atoms with E-state index < -0.39 is 0 Å². The van der Waals surface area contributed by atoms with Crippen molar-refractivity contribution in [3.05, 3.63) is 35.9 Å². The molecule has 0 heterocycles. The zero-order valence-electron chi connectivity index (χ0n) is 9.85. The Labute approximate surface area is 101 Å². The number of benzene rings is 1. The number of ether oxygens (including phenoxy) is 2. The van der Waals surface area contributed by atoms with Gasteiger partial charge in [0.25, 0.3) is 5.91 Å². The van der Waals surface area contributed by atoms with Gasteiger partial charge in [-0.15, -0.1) is 0 Å². The van der Waals surface area contributed by atoms with Crippen LogP contribution in [-0.2, 0) is 25.7 Å². The molecule has 1 aromatic rings. The van der Waals surface area contributed by atoms with Gasteiger partial charge >= 0.3 is 0 Å². The molecule has 1 amide bonds. The number of hydrogen-bond donors (Lipinski definition) is 1. The zero-order valence-corrected chi connectivity index (χ0v) is 9.85. The van der Waals surface area contributed by atoms with Crippen molar-refractivity contribution < 1.29 is 19.1 Å². The molecule has 0 unspecified atom stereocenters. The molecule has 0 bridgehead atoms. The van der Waals surface area contributed by atoms with Crippen molar-refractivity contribution in [1.29, 1.82) is 0 Å². The molecule has 1 aromatic carbocycles. The molecule has 0 aliphatic rings. The maximum atomic E-state index is 11.2. The predicted octanol–water partition coefficient (Wildman–Crippen LogP) is 0.897. The van der Waals surface area contributed by atoms with Gasteiger partial charge in [0.2, 0.25) is 0 Å². The van der Waals surface area contributed by atoms with Gasteiger partial charge in [-0.25, -0.2) is 5.48 Å². The summed E-state index contributed by atoms with van der Waals surface area (Å²) in [5.74, 6) is -0.308. The molecule has 0 aliphatic carbocycles. The lowest BCUT2D eigenvalue weighted by atomic mass is 10.2. The Morgan fingerprint density at radius 3 is 2.71 bits per heavy atom. The van der Waals surface area contributed by atoms with Gasteiger partial charge in [-0.3, -0.25) is 9.63 Å². The summed E-state index contributed by atoms with van der Waals surface area (Å²) in [6, 6.07) is 9.58. The molecule has 0 atom stereocenters. The number of methoxy groups -OCH3 is 1. The first kappa shape index (κ1) is 13.6. The number of hydrogen-bond acceptors (Lipinski definition) is 4. The van der Waals surface area contributed by atoms with Gasteiger partial charge in [0.15, 0.2) is 0 Å².